The lowest BCUT2D eigenvalue weighted by molar-refractivity contribution is -0.121. The number of fused-ring (bicyclic) bond motifs is 1. The monoisotopic (exact) mass is 464 g/mol. The van der Waals surface area contributed by atoms with E-state index in [1.165, 1.54) is 11.0 Å². The van der Waals surface area contributed by atoms with Gasteiger partial charge in [0.2, 0.25) is 5.91 Å². The lowest BCUT2D eigenvalue weighted by atomic mass is 10.1. The number of halogens is 1. The van der Waals surface area contributed by atoms with E-state index in [9.17, 15) is 14.0 Å². The van der Waals surface area contributed by atoms with Crippen molar-refractivity contribution in [2.75, 3.05) is 31.0 Å². The van der Waals surface area contributed by atoms with Crippen molar-refractivity contribution in [1.29, 1.82) is 0 Å². The molecule has 8 heteroatoms. The van der Waals surface area contributed by atoms with Crippen LogP contribution in [0.2, 0.25) is 0 Å². The van der Waals surface area contributed by atoms with E-state index in [0.717, 1.165) is 5.56 Å². The van der Waals surface area contributed by atoms with Gasteiger partial charge in [-0.15, -0.1) is 0 Å². The number of carbonyl (C=O) groups is 2. The van der Waals surface area contributed by atoms with Crippen LogP contribution >= 0.6 is 0 Å². The van der Waals surface area contributed by atoms with E-state index in [0.29, 0.717) is 40.6 Å². The van der Waals surface area contributed by atoms with E-state index >= 15 is 0 Å². The maximum absolute atomic E-state index is 14.1. The third-order valence-corrected chi connectivity index (χ3v) is 5.56. The number of nitrogens with zero attached hydrogens (tertiary/aromatic N) is 1. The van der Waals surface area contributed by atoms with Gasteiger partial charge in [-0.05, 0) is 42.3 Å². The summed E-state index contributed by atoms with van der Waals surface area (Å²) in [7, 11) is 3.14. The number of ether oxygens (including phenoxy) is 3. The smallest absolute Gasteiger partial charge is 0.265 e. The van der Waals surface area contributed by atoms with Crippen LogP contribution in [0.4, 0.5) is 15.8 Å². The number of amides is 2. The van der Waals surface area contributed by atoms with Crippen LogP contribution in [0, 0.1) is 5.82 Å². The summed E-state index contributed by atoms with van der Waals surface area (Å²) in [6, 6.07) is 16.9. The summed E-state index contributed by atoms with van der Waals surface area (Å²) in [6.45, 7) is -0.0585. The molecule has 0 bridgehead atoms. The topological polar surface area (TPSA) is 77.1 Å². The largest absolute Gasteiger partial charge is 0.493 e. The first-order valence-electron chi connectivity index (χ1n) is 10.8. The van der Waals surface area contributed by atoms with Crippen LogP contribution in [0.1, 0.15) is 17.5 Å². The number of benzene rings is 3. The second-order valence-corrected chi connectivity index (χ2v) is 7.78. The lowest BCUT2D eigenvalue weighted by Gasteiger charge is -2.30. The van der Waals surface area contributed by atoms with Crippen LogP contribution in [0.15, 0.2) is 60.7 Å². The fourth-order valence-electron chi connectivity index (χ4n) is 3.77. The summed E-state index contributed by atoms with van der Waals surface area (Å²) in [5.41, 5.74) is 2.44. The van der Waals surface area contributed by atoms with Gasteiger partial charge in [0.1, 0.15) is 11.6 Å². The Hall–Kier alpha value is -4.07. The molecular formula is C26H25FN2O5. The molecule has 7 nitrogen and oxygen atoms in total. The van der Waals surface area contributed by atoms with Crippen LogP contribution in [0.3, 0.4) is 0 Å². The van der Waals surface area contributed by atoms with Gasteiger partial charge in [-0.25, -0.2) is 4.39 Å². The SMILES string of the molecule is COc1ccc(CCC(=O)Nc2ccc3c(c2)OCC(=O)N3Cc2ccccc2F)cc1OC. The average Bonchev–Trinajstić information content (AvgIpc) is 2.85. The third-order valence-electron chi connectivity index (χ3n) is 5.56. The van der Waals surface area contributed by atoms with Gasteiger partial charge in [0.05, 0.1) is 26.5 Å². The zero-order valence-electron chi connectivity index (χ0n) is 19.0. The molecule has 0 fully saturated rings. The van der Waals surface area contributed by atoms with Crippen LogP contribution in [-0.2, 0) is 22.6 Å². The summed E-state index contributed by atoms with van der Waals surface area (Å²) in [4.78, 5) is 26.4. The predicted molar refractivity (Wildman–Crippen MR) is 126 cm³/mol. The van der Waals surface area contributed by atoms with Gasteiger partial charge in [0.25, 0.3) is 5.91 Å². The molecule has 0 spiro atoms. The fraction of sp³-hybridized carbons (Fsp3) is 0.231. The maximum Gasteiger partial charge on any atom is 0.265 e. The highest BCUT2D eigenvalue weighted by molar-refractivity contribution is 5.99. The molecule has 0 aromatic heterocycles. The molecule has 1 N–H and O–H groups in total. The second kappa shape index (κ2) is 10.2. The minimum absolute atomic E-state index is 0.0961. The van der Waals surface area contributed by atoms with Crippen LogP contribution in [0.5, 0.6) is 17.2 Å². The van der Waals surface area contributed by atoms with Crippen molar-refractivity contribution < 1.29 is 28.2 Å². The van der Waals surface area contributed by atoms with Gasteiger partial charge < -0.3 is 24.4 Å². The molecule has 0 saturated carbocycles. The Kier molecular flexibility index (Phi) is 6.96. The summed E-state index contributed by atoms with van der Waals surface area (Å²) < 4.78 is 30.2. The molecule has 0 unspecified atom stereocenters. The summed E-state index contributed by atoms with van der Waals surface area (Å²) in [6.07, 6.45) is 0.796. The first-order chi connectivity index (χ1) is 16.5. The molecule has 1 heterocycles. The van der Waals surface area contributed by atoms with Gasteiger partial charge >= 0.3 is 0 Å². The average molecular weight is 464 g/mol. The van der Waals surface area contributed by atoms with Crippen molar-refractivity contribution in [1.82, 2.24) is 0 Å². The summed E-state index contributed by atoms with van der Waals surface area (Å²) in [5, 5.41) is 2.86. The molecule has 3 aromatic rings. The molecule has 3 aromatic carbocycles. The van der Waals surface area contributed by atoms with Gasteiger partial charge in [0.15, 0.2) is 18.1 Å². The van der Waals surface area contributed by atoms with Crippen molar-refractivity contribution in [2.24, 2.45) is 0 Å². The minimum Gasteiger partial charge on any atom is -0.493 e. The highest BCUT2D eigenvalue weighted by Crippen LogP contribution is 2.36. The predicted octanol–water partition coefficient (Wildman–Crippen LogP) is 4.34. The Labute approximate surface area is 197 Å². The standard InChI is InChI=1S/C26H25FN2O5/c1-32-22-11-7-17(13-24(22)33-2)8-12-25(30)28-19-9-10-21-23(14-19)34-16-26(31)29(21)15-18-5-3-4-6-20(18)27/h3-7,9-11,13-14H,8,12,15-16H2,1-2H3,(H,28,30). The highest BCUT2D eigenvalue weighted by Gasteiger charge is 2.26. The Morgan fingerprint density at radius 3 is 2.62 bits per heavy atom. The van der Waals surface area contributed by atoms with Crippen LogP contribution in [0.25, 0.3) is 0 Å². The number of methoxy groups -OCH3 is 2. The number of anilines is 2. The van der Waals surface area contributed by atoms with E-state index < -0.39 is 0 Å². The molecule has 176 valence electrons. The summed E-state index contributed by atoms with van der Waals surface area (Å²) >= 11 is 0. The van der Waals surface area contributed by atoms with E-state index in [1.54, 1.807) is 56.7 Å². The normalized spacial score (nSPS) is 12.6. The van der Waals surface area contributed by atoms with Crippen LogP contribution in [-0.4, -0.2) is 32.6 Å². The van der Waals surface area contributed by atoms with E-state index in [2.05, 4.69) is 5.32 Å². The molecule has 0 radical (unpaired) electrons. The molecule has 1 aliphatic heterocycles. The quantitative estimate of drug-likeness (QED) is 0.537. The van der Waals surface area contributed by atoms with Crippen molar-refractivity contribution in [2.45, 2.75) is 19.4 Å². The number of aryl methyl sites for hydroxylation is 1. The number of hydrogen-bond donors (Lipinski definition) is 1. The Bertz CT molecular complexity index is 1210. The number of hydrogen-bond acceptors (Lipinski definition) is 5. The van der Waals surface area contributed by atoms with Gasteiger partial charge in [-0.2, -0.15) is 0 Å². The van der Waals surface area contributed by atoms with Crippen molar-refractivity contribution in [3.8, 4) is 17.2 Å². The second-order valence-electron chi connectivity index (χ2n) is 7.78. The first kappa shape index (κ1) is 23.1. The lowest BCUT2D eigenvalue weighted by Crippen LogP contribution is -2.38. The van der Waals surface area contributed by atoms with E-state index in [4.69, 9.17) is 14.2 Å². The maximum atomic E-state index is 14.1. The molecule has 2 amide bonds. The van der Waals surface area contributed by atoms with Gasteiger partial charge in [0, 0.05) is 23.7 Å². The minimum atomic E-state index is -0.373. The van der Waals surface area contributed by atoms with Crippen molar-refractivity contribution >= 4 is 23.2 Å². The highest BCUT2D eigenvalue weighted by atomic mass is 19.1. The van der Waals surface area contributed by atoms with E-state index in [1.807, 2.05) is 12.1 Å². The Morgan fingerprint density at radius 2 is 1.85 bits per heavy atom. The molecular weight excluding hydrogens is 439 g/mol. The Balaban J connectivity index is 1.42. The third kappa shape index (κ3) is 5.11. The molecule has 1 aliphatic rings. The zero-order valence-corrected chi connectivity index (χ0v) is 19.0. The number of rotatable bonds is 8. The molecule has 4 rings (SSSR count). The molecule has 0 aliphatic carbocycles. The Morgan fingerprint density at radius 1 is 1.06 bits per heavy atom. The molecule has 0 saturated heterocycles. The number of nitrogens with one attached hydrogen (secondary N) is 1. The van der Waals surface area contributed by atoms with Gasteiger partial charge in [-0.1, -0.05) is 24.3 Å². The number of carbonyl (C=O) groups excluding carboxylic acids is 2. The van der Waals surface area contributed by atoms with Crippen molar-refractivity contribution in [3.63, 3.8) is 0 Å². The van der Waals surface area contributed by atoms with Crippen LogP contribution < -0.4 is 24.4 Å². The van der Waals surface area contributed by atoms with Crippen molar-refractivity contribution in [3.05, 3.63) is 77.6 Å². The zero-order chi connectivity index (χ0) is 24.1. The molecule has 34 heavy (non-hydrogen) atoms. The molecule has 0 atom stereocenters. The fourth-order valence-corrected chi connectivity index (χ4v) is 3.77. The first-order valence-corrected chi connectivity index (χ1v) is 10.8. The van der Waals surface area contributed by atoms with E-state index in [-0.39, 0.29) is 37.2 Å². The summed E-state index contributed by atoms with van der Waals surface area (Å²) in [5.74, 6) is 0.900. The van der Waals surface area contributed by atoms with Gasteiger partial charge in [-0.3, -0.25) is 9.59 Å².